The molecule has 0 bridgehead atoms. The van der Waals surface area contributed by atoms with Crippen LogP contribution in [0.4, 0.5) is 5.88 Å². The van der Waals surface area contributed by atoms with Crippen LogP contribution in [0, 0.1) is 0 Å². The van der Waals surface area contributed by atoms with Gasteiger partial charge < -0.3 is 14.3 Å². The zero-order chi connectivity index (χ0) is 18.1. The van der Waals surface area contributed by atoms with Crippen LogP contribution in [0.25, 0.3) is 11.3 Å². The maximum atomic E-state index is 11.7. The highest BCUT2D eigenvalue weighted by Gasteiger charge is 2.27. The van der Waals surface area contributed by atoms with Crippen molar-refractivity contribution in [1.29, 1.82) is 0 Å². The largest absolute Gasteiger partial charge is 0.502 e. The van der Waals surface area contributed by atoms with E-state index in [4.69, 9.17) is 32.4 Å². The molecule has 1 heterocycles. The third kappa shape index (κ3) is 4.14. The summed E-state index contributed by atoms with van der Waals surface area (Å²) in [5, 5.41) is 10.8. The predicted octanol–water partition coefficient (Wildman–Crippen LogP) is 3.65. The molecule has 24 heavy (non-hydrogen) atoms. The predicted molar refractivity (Wildman–Crippen MR) is 90.2 cm³/mol. The number of aromatic hydroxyl groups is 1. The van der Waals surface area contributed by atoms with Gasteiger partial charge in [-0.1, -0.05) is 23.2 Å². The van der Waals surface area contributed by atoms with E-state index in [-0.39, 0.29) is 27.1 Å². The molecule has 2 rings (SSSR count). The van der Waals surface area contributed by atoms with E-state index in [1.54, 1.807) is 0 Å². The Morgan fingerprint density at radius 2 is 1.88 bits per heavy atom. The summed E-state index contributed by atoms with van der Waals surface area (Å²) in [6, 6.07) is 4.36. The number of nitrogens with one attached hydrogen (secondary N) is 1. The standard InChI is InChI=1S/C14H13Cl2NO6S/c1-3-24(20,21)17-14-13(22-7(2)18)11(19)12(23-14)8-4-9(15)6-10(16)5-8/h4-6,17,19H,3H2,1-2H3. The Hall–Kier alpha value is -1.90. The van der Waals surface area contributed by atoms with Crippen molar-refractivity contribution in [2.75, 3.05) is 10.5 Å². The molecule has 0 aliphatic carbocycles. The normalized spacial score (nSPS) is 11.3. The molecule has 0 radical (unpaired) electrons. The minimum atomic E-state index is -3.73. The second kappa shape index (κ2) is 6.92. The van der Waals surface area contributed by atoms with Gasteiger partial charge in [0.1, 0.15) is 0 Å². The molecule has 1 aromatic heterocycles. The van der Waals surface area contributed by atoms with E-state index in [2.05, 4.69) is 4.72 Å². The number of carbonyl (C=O) groups is 1. The summed E-state index contributed by atoms with van der Waals surface area (Å²) in [5.41, 5.74) is 0.278. The van der Waals surface area contributed by atoms with E-state index in [1.165, 1.54) is 25.1 Å². The number of benzene rings is 1. The van der Waals surface area contributed by atoms with Gasteiger partial charge >= 0.3 is 5.97 Å². The minimum Gasteiger partial charge on any atom is -0.502 e. The molecular formula is C14H13Cl2NO6S. The first-order valence-corrected chi connectivity index (χ1v) is 9.05. The molecule has 10 heteroatoms. The SMILES string of the molecule is CCS(=O)(=O)Nc1oc(-c2cc(Cl)cc(Cl)c2)c(O)c1OC(C)=O. The fraction of sp³-hybridized carbons (Fsp3) is 0.214. The number of hydrogen-bond acceptors (Lipinski definition) is 6. The highest BCUT2D eigenvalue weighted by atomic mass is 35.5. The van der Waals surface area contributed by atoms with Crippen LogP contribution in [0.2, 0.25) is 10.0 Å². The molecular weight excluding hydrogens is 381 g/mol. The van der Waals surface area contributed by atoms with Gasteiger partial charge in [-0.05, 0) is 25.1 Å². The Balaban J connectivity index is 2.61. The average molecular weight is 394 g/mol. The van der Waals surface area contributed by atoms with Crippen molar-refractivity contribution >= 4 is 45.1 Å². The van der Waals surface area contributed by atoms with Gasteiger partial charge in [0.05, 0.1) is 5.75 Å². The van der Waals surface area contributed by atoms with Crippen molar-refractivity contribution in [2.24, 2.45) is 0 Å². The maximum absolute atomic E-state index is 11.7. The first kappa shape index (κ1) is 18.4. The fourth-order valence-electron chi connectivity index (χ4n) is 1.81. The van der Waals surface area contributed by atoms with Crippen LogP contribution in [-0.2, 0) is 14.8 Å². The van der Waals surface area contributed by atoms with Crippen LogP contribution in [0.15, 0.2) is 22.6 Å². The zero-order valence-electron chi connectivity index (χ0n) is 12.6. The zero-order valence-corrected chi connectivity index (χ0v) is 14.9. The summed E-state index contributed by atoms with van der Waals surface area (Å²) in [7, 11) is -3.73. The van der Waals surface area contributed by atoms with Gasteiger partial charge in [0.2, 0.25) is 21.5 Å². The molecule has 0 atom stereocenters. The molecule has 0 spiro atoms. The molecule has 0 unspecified atom stereocenters. The van der Waals surface area contributed by atoms with Crippen molar-refractivity contribution in [3.63, 3.8) is 0 Å². The third-order valence-electron chi connectivity index (χ3n) is 2.84. The summed E-state index contributed by atoms with van der Waals surface area (Å²) in [6.45, 7) is 2.51. The Bertz CT molecular complexity index is 871. The second-order valence-electron chi connectivity index (χ2n) is 4.70. The topological polar surface area (TPSA) is 106 Å². The van der Waals surface area contributed by atoms with Crippen molar-refractivity contribution in [3.8, 4) is 22.8 Å². The van der Waals surface area contributed by atoms with Crippen LogP contribution < -0.4 is 9.46 Å². The van der Waals surface area contributed by atoms with Crippen molar-refractivity contribution in [2.45, 2.75) is 13.8 Å². The minimum absolute atomic E-state index is 0.149. The summed E-state index contributed by atoms with van der Waals surface area (Å²) < 4.78 is 35.8. The number of furan rings is 1. The highest BCUT2D eigenvalue weighted by molar-refractivity contribution is 7.92. The molecule has 7 nitrogen and oxygen atoms in total. The lowest BCUT2D eigenvalue weighted by molar-refractivity contribution is -0.131. The number of anilines is 1. The summed E-state index contributed by atoms with van der Waals surface area (Å²) in [5.74, 6) is -2.58. The number of rotatable bonds is 5. The number of hydrogen-bond donors (Lipinski definition) is 2. The summed E-state index contributed by atoms with van der Waals surface area (Å²) in [6.07, 6.45) is 0. The first-order chi connectivity index (χ1) is 11.1. The van der Waals surface area contributed by atoms with Crippen LogP contribution in [0.3, 0.4) is 0 Å². The number of carbonyl (C=O) groups excluding carboxylic acids is 1. The lowest BCUT2D eigenvalue weighted by Gasteiger charge is -2.04. The summed E-state index contributed by atoms with van der Waals surface area (Å²) >= 11 is 11.8. The Labute approximate surface area is 148 Å². The fourth-order valence-corrected chi connectivity index (χ4v) is 2.89. The van der Waals surface area contributed by atoms with Crippen molar-refractivity contribution < 1.29 is 27.5 Å². The van der Waals surface area contributed by atoms with Crippen LogP contribution in [0.5, 0.6) is 11.5 Å². The van der Waals surface area contributed by atoms with Crippen LogP contribution >= 0.6 is 23.2 Å². The Morgan fingerprint density at radius 3 is 2.38 bits per heavy atom. The van der Waals surface area contributed by atoms with E-state index < -0.39 is 33.4 Å². The van der Waals surface area contributed by atoms with Gasteiger partial charge in [0.25, 0.3) is 5.88 Å². The van der Waals surface area contributed by atoms with Gasteiger partial charge in [-0.25, -0.2) is 13.1 Å². The van der Waals surface area contributed by atoms with Gasteiger partial charge in [0, 0.05) is 22.5 Å². The molecule has 0 fully saturated rings. The van der Waals surface area contributed by atoms with Gasteiger partial charge in [0.15, 0.2) is 5.76 Å². The first-order valence-electron chi connectivity index (χ1n) is 6.64. The van der Waals surface area contributed by atoms with E-state index in [0.717, 1.165) is 6.92 Å². The number of halogens is 2. The number of ether oxygens (including phenoxy) is 1. The molecule has 130 valence electrons. The summed E-state index contributed by atoms with van der Waals surface area (Å²) in [4.78, 5) is 11.2. The van der Waals surface area contributed by atoms with Gasteiger partial charge in [-0.15, -0.1) is 0 Å². The van der Waals surface area contributed by atoms with E-state index in [0.29, 0.717) is 0 Å². The molecule has 2 N–H and O–H groups in total. The molecule has 1 aromatic carbocycles. The van der Waals surface area contributed by atoms with E-state index >= 15 is 0 Å². The molecule has 0 saturated carbocycles. The molecule has 0 amide bonds. The molecule has 0 aliphatic heterocycles. The average Bonchev–Trinajstić information content (AvgIpc) is 2.74. The van der Waals surface area contributed by atoms with Crippen LogP contribution in [-0.4, -0.2) is 25.2 Å². The van der Waals surface area contributed by atoms with Gasteiger partial charge in [-0.3, -0.25) is 4.79 Å². The Kier molecular flexibility index (Phi) is 5.32. The third-order valence-corrected chi connectivity index (χ3v) is 4.53. The van der Waals surface area contributed by atoms with Crippen LogP contribution in [0.1, 0.15) is 13.8 Å². The highest BCUT2D eigenvalue weighted by Crippen LogP contribution is 2.47. The van der Waals surface area contributed by atoms with Gasteiger partial charge in [-0.2, -0.15) is 0 Å². The number of esters is 1. The monoisotopic (exact) mass is 393 g/mol. The smallest absolute Gasteiger partial charge is 0.308 e. The molecule has 2 aromatic rings. The molecule has 0 aliphatic rings. The number of sulfonamides is 1. The van der Waals surface area contributed by atoms with Crippen molar-refractivity contribution in [3.05, 3.63) is 28.2 Å². The lowest BCUT2D eigenvalue weighted by Crippen LogP contribution is -2.15. The van der Waals surface area contributed by atoms with E-state index in [1.807, 2.05) is 0 Å². The maximum Gasteiger partial charge on any atom is 0.308 e. The molecule has 0 saturated heterocycles. The Morgan fingerprint density at radius 1 is 1.29 bits per heavy atom. The van der Waals surface area contributed by atoms with E-state index in [9.17, 15) is 18.3 Å². The quantitative estimate of drug-likeness (QED) is 0.750. The second-order valence-corrected chi connectivity index (χ2v) is 7.58. The lowest BCUT2D eigenvalue weighted by atomic mass is 10.1. The van der Waals surface area contributed by atoms with Crippen molar-refractivity contribution in [1.82, 2.24) is 0 Å².